The number of nitrogens with zero attached hydrogens (tertiary/aromatic N) is 2. The third kappa shape index (κ3) is 2.82. The van der Waals surface area contributed by atoms with Crippen molar-refractivity contribution < 1.29 is 9.53 Å². The number of amidine groups is 1. The van der Waals surface area contributed by atoms with E-state index in [1.165, 1.54) is 0 Å². The number of thioether (sulfide) groups is 1. The van der Waals surface area contributed by atoms with Crippen LogP contribution in [-0.4, -0.2) is 34.9 Å². The normalized spacial score (nSPS) is 20.8. The number of hydrogen-bond donors (Lipinski definition) is 0. The maximum Gasteiger partial charge on any atom is 0.338 e. The minimum absolute atomic E-state index is 0.116. The maximum absolute atomic E-state index is 12.5. The Labute approximate surface area is 142 Å². The molecule has 0 aliphatic carbocycles. The Hall–Kier alpha value is -1.27. The van der Waals surface area contributed by atoms with Gasteiger partial charge in [0.25, 0.3) is 0 Å². The summed E-state index contributed by atoms with van der Waals surface area (Å²) in [4.78, 5) is 19.3. The molecule has 3 rings (SSSR count). The summed E-state index contributed by atoms with van der Waals surface area (Å²) in [6.45, 7) is 4.97. The molecule has 0 spiro atoms. The second kappa shape index (κ2) is 6.46. The molecule has 1 fully saturated rings. The summed E-state index contributed by atoms with van der Waals surface area (Å²) in [5, 5.41) is 0.999. The number of fused-ring (bicyclic) bond motifs is 1. The average Bonchev–Trinajstić information content (AvgIpc) is 2.94. The van der Waals surface area contributed by atoms with Crippen LogP contribution in [0.5, 0.6) is 0 Å². The number of carbonyl (C=O) groups is 1. The van der Waals surface area contributed by atoms with Gasteiger partial charge < -0.3 is 9.64 Å². The van der Waals surface area contributed by atoms with Crippen LogP contribution in [-0.2, 0) is 9.53 Å². The van der Waals surface area contributed by atoms with E-state index in [-0.39, 0.29) is 12.0 Å². The summed E-state index contributed by atoms with van der Waals surface area (Å²) in [7, 11) is 0. The summed E-state index contributed by atoms with van der Waals surface area (Å²) in [5.74, 6) is 0.725. The molecular formula is C16H17BrN2O2S. The lowest BCUT2D eigenvalue weighted by molar-refractivity contribution is -0.139. The summed E-state index contributed by atoms with van der Waals surface area (Å²) in [5.41, 5.74) is 2.49. The topological polar surface area (TPSA) is 41.9 Å². The minimum atomic E-state index is -0.271. The first-order valence-electron chi connectivity index (χ1n) is 7.23. The number of carbonyl (C=O) groups excluding carboxylic acids is 1. The van der Waals surface area contributed by atoms with Crippen molar-refractivity contribution in [2.24, 2.45) is 4.99 Å². The van der Waals surface area contributed by atoms with Crippen LogP contribution in [0.2, 0.25) is 0 Å². The van der Waals surface area contributed by atoms with Gasteiger partial charge in [0, 0.05) is 16.8 Å². The van der Waals surface area contributed by atoms with Crippen molar-refractivity contribution in [3.05, 3.63) is 45.6 Å². The molecule has 0 aromatic heterocycles. The van der Waals surface area contributed by atoms with Gasteiger partial charge in [-0.25, -0.2) is 9.79 Å². The standard InChI is InChI=1S/C16H17BrN2O2S/c1-3-21-15(20)13-10(2)18-16-19(8-9-22-16)14(13)11-4-6-12(17)7-5-11/h4-7,14H,3,8-9H2,1-2H3. The Kier molecular flexibility index (Phi) is 4.59. The third-order valence-electron chi connectivity index (χ3n) is 3.73. The second-order valence-corrected chi connectivity index (χ2v) is 7.09. The Morgan fingerprint density at radius 2 is 2.18 bits per heavy atom. The molecule has 1 saturated heterocycles. The van der Waals surface area contributed by atoms with Crippen molar-refractivity contribution in [2.75, 3.05) is 18.9 Å². The highest BCUT2D eigenvalue weighted by Gasteiger charge is 2.38. The number of rotatable bonds is 3. The van der Waals surface area contributed by atoms with E-state index in [1.807, 2.05) is 38.1 Å². The lowest BCUT2D eigenvalue weighted by Crippen LogP contribution is -2.36. The molecule has 1 aromatic rings. The first-order chi connectivity index (χ1) is 10.6. The first kappa shape index (κ1) is 15.6. The van der Waals surface area contributed by atoms with Crippen LogP contribution in [0.4, 0.5) is 0 Å². The van der Waals surface area contributed by atoms with Gasteiger partial charge in [0.1, 0.15) is 0 Å². The largest absolute Gasteiger partial charge is 0.463 e. The van der Waals surface area contributed by atoms with Crippen LogP contribution in [0.3, 0.4) is 0 Å². The Balaban J connectivity index is 2.07. The molecule has 4 nitrogen and oxygen atoms in total. The zero-order chi connectivity index (χ0) is 15.7. The monoisotopic (exact) mass is 380 g/mol. The van der Waals surface area contributed by atoms with Crippen LogP contribution in [0.15, 0.2) is 45.0 Å². The van der Waals surface area contributed by atoms with Crippen molar-refractivity contribution in [3.63, 3.8) is 0 Å². The molecule has 2 aliphatic heterocycles. The van der Waals surface area contributed by atoms with Crippen molar-refractivity contribution in [2.45, 2.75) is 19.9 Å². The van der Waals surface area contributed by atoms with Gasteiger partial charge in [0.2, 0.25) is 0 Å². The SMILES string of the molecule is CCOC(=O)C1=C(C)N=C2SCCN2C1c1ccc(Br)cc1. The predicted molar refractivity (Wildman–Crippen MR) is 92.8 cm³/mol. The first-order valence-corrected chi connectivity index (χ1v) is 9.01. The van der Waals surface area contributed by atoms with E-state index in [0.717, 1.165) is 33.2 Å². The number of aliphatic imine (C=N–C) groups is 1. The fraction of sp³-hybridized carbons (Fsp3) is 0.375. The Morgan fingerprint density at radius 1 is 1.45 bits per heavy atom. The molecule has 116 valence electrons. The molecule has 0 N–H and O–H groups in total. The van der Waals surface area contributed by atoms with Gasteiger partial charge in [-0.1, -0.05) is 39.8 Å². The van der Waals surface area contributed by atoms with Gasteiger partial charge in [-0.05, 0) is 31.5 Å². The fourth-order valence-electron chi connectivity index (χ4n) is 2.77. The van der Waals surface area contributed by atoms with Crippen LogP contribution in [0, 0.1) is 0 Å². The van der Waals surface area contributed by atoms with Gasteiger partial charge in [-0.2, -0.15) is 0 Å². The van der Waals surface area contributed by atoms with E-state index in [1.54, 1.807) is 11.8 Å². The van der Waals surface area contributed by atoms with Crippen LogP contribution < -0.4 is 0 Å². The summed E-state index contributed by atoms with van der Waals surface area (Å²) in [6.07, 6.45) is 0. The zero-order valence-electron chi connectivity index (χ0n) is 12.5. The van der Waals surface area contributed by atoms with E-state index in [9.17, 15) is 4.79 Å². The Bertz CT molecular complexity index is 655. The summed E-state index contributed by atoms with van der Waals surface area (Å²) in [6, 6.07) is 7.99. The van der Waals surface area contributed by atoms with Crippen molar-refractivity contribution in [1.82, 2.24) is 4.90 Å². The highest BCUT2D eigenvalue weighted by molar-refractivity contribution is 9.10. The molecule has 1 atom stereocenters. The quantitative estimate of drug-likeness (QED) is 0.748. The van der Waals surface area contributed by atoms with Gasteiger partial charge >= 0.3 is 5.97 Å². The molecule has 0 radical (unpaired) electrons. The number of benzene rings is 1. The number of halogens is 1. The highest BCUT2D eigenvalue weighted by atomic mass is 79.9. The molecule has 2 heterocycles. The minimum Gasteiger partial charge on any atom is -0.463 e. The molecule has 2 aliphatic rings. The molecule has 1 aromatic carbocycles. The van der Waals surface area contributed by atoms with Gasteiger partial charge in [0.05, 0.1) is 23.9 Å². The fourth-order valence-corrected chi connectivity index (χ4v) is 4.07. The smallest absolute Gasteiger partial charge is 0.338 e. The maximum atomic E-state index is 12.5. The van der Waals surface area contributed by atoms with E-state index in [2.05, 4.69) is 25.8 Å². The zero-order valence-corrected chi connectivity index (χ0v) is 14.9. The molecular weight excluding hydrogens is 364 g/mol. The molecule has 1 unspecified atom stereocenters. The van der Waals surface area contributed by atoms with Crippen LogP contribution in [0.1, 0.15) is 25.5 Å². The van der Waals surface area contributed by atoms with E-state index in [4.69, 9.17) is 4.74 Å². The van der Waals surface area contributed by atoms with Gasteiger partial charge in [-0.3, -0.25) is 0 Å². The number of ether oxygens (including phenoxy) is 1. The molecule has 22 heavy (non-hydrogen) atoms. The lowest BCUT2D eigenvalue weighted by Gasteiger charge is -2.34. The van der Waals surface area contributed by atoms with Crippen molar-refractivity contribution >= 4 is 38.8 Å². The number of hydrogen-bond acceptors (Lipinski definition) is 5. The van der Waals surface area contributed by atoms with E-state index < -0.39 is 0 Å². The second-order valence-electron chi connectivity index (χ2n) is 5.11. The van der Waals surface area contributed by atoms with E-state index >= 15 is 0 Å². The number of esters is 1. The van der Waals surface area contributed by atoms with Gasteiger partial charge in [-0.15, -0.1) is 0 Å². The summed E-state index contributed by atoms with van der Waals surface area (Å²) >= 11 is 5.20. The predicted octanol–water partition coefficient (Wildman–Crippen LogP) is 3.75. The highest BCUT2D eigenvalue weighted by Crippen LogP contribution is 2.40. The Morgan fingerprint density at radius 3 is 2.86 bits per heavy atom. The molecule has 0 bridgehead atoms. The average molecular weight is 381 g/mol. The van der Waals surface area contributed by atoms with Gasteiger partial charge in [0.15, 0.2) is 5.17 Å². The molecule has 0 amide bonds. The molecule has 0 saturated carbocycles. The third-order valence-corrected chi connectivity index (χ3v) is 5.23. The van der Waals surface area contributed by atoms with Crippen LogP contribution in [0.25, 0.3) is 0 Å². The molecule has 6 heteroatoms. The summed E-state index contributed by atoms with van der Waals surface area (Å²) < 4.78 is 6.29. The van der Waals surface area contributed by atoms with Crippen molar-refractivity contribution in [1.29, 1.82) is 0 Å². The number of allylic oxidation sites excluding steroid dienone is 1. The van der Waals surface area contributed by atoms with Crippen LogP contribution >= 0.6 is 27.7 Å². The lowest BCUT2D eigenvalue weighted by atomic mass is 9.94. The van der Waals surface area contributed by atoms with E-state index in [0.29, 0.717) is 12.2 Å². The van der Waals surface area contributed by atoms with Crippen molar-refractivity contribution in [3.8, 4) is 0 Å².